The van der Waals surface area contributed by atoms with E-state index in [1.165, 1.54) is 19.3 Å². The van der Waals surface area contributed by atoms with Crippen LogP contribution in [0.5, 0.6) is 0 Å². The molecular formula is C22H30N2O2. The van der Waals surface area contributed by atoms with Crippen LogP contribution in [-0.4, -0.2) is 28.3 Å². The van der Waals surface area contributed by atoms with Crippen molar-refractivity contribution in [1.29, 1.82) is 0 Å². The van der Waals surface area contributed by atoms with E-state index in [0.717, 1.165) is 42.6 Å². The van der Waals surface area contributed by atoms with Crippen molar-refractivity contribution < 1.29 is 9.59 Å². The van der Waals surface area contributed by atoms with Gasteiger partial charge in [-0.05, 0) is 75.7 Å². The molecule has 0 spiro atoms. The van der Waals surface area contributed by atoms with E-state index in [1.807, 2.05) is 44.2 Å². The number of carbonyl (C=O) groups excluding carboxylic acids is 2. The Kier molecular flexibility index (Phi) is 4.54. The van der Waals surface area contributed by atoms with E-state index in [4.69, 9.17) is 0 Å². The smallest absolute Gasteiger partial charge is 0.312 e. The third kappa shape index (κ3) is 3.38. The number of nitrogens with one attached hydrogen (secondary N) is 1. The summed E-state index contributed by atoms with van der Waals surface area (Å²) in [5.41, 5.74) is 0.939. The number of hydrogen-bond acceptors (Lipinski definition) is 2. The van der Waals surface area contributed by atoms with Crippen molar-refractivity contribution >= 4 is 11.8 Å². The molecule has 0 aliphatic heterocycles. The Labute approximate surface area is 156 Å². The lowest BCUT2D eigenvalue weighted by molar-refractivity contribution is -0.150. The number of hydrogen-bond donors (Lipinski definition) is 1. The molecule has 4 bridgehead atoms. The maximum absolute atomic E-state index is 12.9. The zero-order valence-electron chi connectivity index (χ0n) is 15.9. The molecular weight excluding hydrogens is 324 g/mol. The molecule has 4 fully saturated rings. The third-order valence-corrected chi connectivity index (χ3v) is 6.69. The molecule has 0 heterocycles. The van der Waals surface area contributed by atoms with E-state index in [1.54, 1.807) is 4.90 Å². The van der Waals surface area contributed by atoms with E-state index < -0.39 is 5.91 Å². The quantitative estimate of drug-likeness (QED) is 0.841. The summed E-state index contributed by atoms with van der Waals surface area (Å²) >= 11 is 0. The zero-order valence-corrected chi connectivity index (χ0v) is 15.9. The van der Waals surface area contributed by atoms with Crippen molar-refractivity contribution in [3.63, 3.8) is 0 Å². The zero-order chi connectivity index (χ0) is 18.3. The van der Waals surface area contributed by atoms with Gasteiger partial charge in [-0.3, -0.25) is 9.59 Å². The summed E-state index contributed by atoms with van der Waals surface area (Å²) < 4.78 is 0. The Morgan fingerprint density at radius 2 is 1.58 bits per heavy atom. The molecule has 0 aromatic heterocycles. The van der Waals surface area contributed by atoms with Crippen LogP contribution in [0.2, 0.25) is 0 Å². The molecule has 4 aliphatic rings. The summed E-state index contributed by atoms with van der Waals surface area (Å²) in [5, 5.41) is 3.22. The van der Waals surface area contributed by atoms with Crippen LogP contribution in [0, 0.1) is 17.8 Å². The summed E-state index contributed by atoms with van der Waals surface area (Å²) in [5.74, 6) is 1.46. The van der Waals surface area contributed by atoms with Gasteiger partial charge < -0.3 is 10.2 Å². The maximum Gasteiger partial charge on any atom is 0.312 e. The minimum absolute atomic E-state index is 0.00943. The highest BCUT2D eigenvalue weighted by Gasteiger charge is 2.52. The molecule has 0 saturated heterocycles. The van der Waals surface area contributed by atoms with Crippen LogP contribution >= 0.6 is 0 Å². The van der Waals surface area contributed by atoms with Gasteiger partial charge in [-0.1, -0.05) is 30.3 Å². The van der Waals surface area contributed by atoms with Gasteiger partial charge in [0.05, 0.1) is 0 Å². The van der Waals surface area contributed by atoms with Gasteiger partial charge in [-0.15, -0.1) is 0 Å². The largest absolute Gasteiger partial charge is 0.342 e. The van der Waals surface area contributed by atoms with Gasteiger partial charge in [0.25, 0.3) is 0 Å². The van der Waals surface area contributed by atoms with E-state index in [9.17, 15) is 9.59 Å². The number of nitrogens with zero attached hydrogens (tertiary/aromatic N) is 1. The molecule has 140 valence electrons. The van der Waals surface area contributed by atoms with E-state index >= 15 is 0 Å². The highest BCUT2D eigenvalue weighted by Crippen LogP contribution is 2.55. The van der Waals surface area contributed by atoms with Crippen molar-refractivity contribution in [2.24, 2.45) is 17.8 Å². The Hall–Kier alpha value is -1.84. The van der Waals surface area contributed by atoms with Crippen LogP contribution in [-0.2, 0) is 16.1 Å². The number of amides is 2. The highest BCUT2D eigenvalue weighted by atomic mass is 16.2. The van der Waals surface area contributed by atoms with Crippen molar-refractivity contribution in [3.8, 4) is 0 Å². The molecule has 5 rings (SSSR count). The molecule has 4 nitrogen and oxygen atoms in total. The fraction of sp³-hybridized carbons (Fsp3) is 0.636. The van der Waals surface area contributed by atoms with Crippen LogP contribution in [0.15, 0.2) is 30.3 Å². The average molecular weight is 354 g/mol. The topological polar surface area (TPSA) is 49.4 Å². The second kappa shape index (κ2) is 6.71. The first-order valence-electron chi connectivity index (χ1n) is 10.1. The lowest BCUT2D eigenvalue weighted by Gasteiger charge is -2.56. The lowest BCUT2D eigenvalue weighted by Crippen LogP contribution is -2.62. The molecule has 26 heavy (non-hydrogen) atoms. The van der Waals surface area contributed by atoms with Gasteiger partial charge in [0.1, 0.15) is 0 Å². The van der Waals surface area contributed by atoms with Gasteiger partial charge >= 0.3 is 11.8 Å². The summed E-state index contributed by atoms with van der Waals surface area (Å²) in [4.78, 5) is 27.5. The molecule has 1 N–H and O–H groups in total. The van der Waals surface area contributed by atoms with Gasteiger partial charge in [-0.25, -0.2) is 0 Å². The first kappa shape index (κ1) is 17.6. The number of benzene rings is 1. The number of carbonyl (C=O) groups is 2. The lowest BCUT2D eigenvalue weighted by atomic mass is 9.53. The summed E-state index contributed by atoms with van der Waals surface area (Å²) in [6, 6.07) is 9.89. The third-order valence-electron chi connectivity index (χ3n) is 6.69. The molecule has 0 radical (unpaired) electrons. The highest BCUT2D eigenvalue weighted by molar-refractivity contribution is 6.35. The maximum atomic E-state index is 12.9. The molecule has 2 amide bonds. The molecule has 0 atom stereocenters. The second-order valence-corrected chi connectivity index (χ2v) is 9.16. The molecule has 0 unspecified atom stereocenters. The van der Waals surface area contributed by atoms with Crippen LogP contribution < -0.4 is 5.32 Å². The van der Waals surface area contributed by atoms with E-state index in [-0.39, 0.29) is 17.5 Å². The van der Waals surface area contributed by atoms with Gasteiger partial charge in [-0.2, -0.15) is 0 Å². The summed E-state index contributed by atoms with van der Waals surface area (Å²) in [7, 11) is 0. The average Bonchev–Trinajstić information content (AvgIpc) is 2.58. The van der Waals surface area contributed by atoms with Crippen molar-refractivity contribution in [3.05, 3.63) is 35.9 Å². The number of rotatable bonds is 4. The van der Waals surface area contributed by atoms with Crippen LogP contribution in [0.3, 0.4) is 0 Å². The van der Waals surface area contributed by atoms with Crippen molar-refractivity contribution in [2.45, 2.75) is 70.5 Å². The molecule has 4 aliphatic carbocycles. The minimum atomic E-state index is -0.406. The van der Waals surface area contributed by atoms with Crippen molar-refractivity contribution in [1.82, 2.24) is 10.2 Å². The molecule has 1 aromatic rings. The predicted molar refractivity (Wildman–Crippen MR) is 101 cm³/mol. The molecule has 4 heteroatoms. The van der Waals surface area contributed by atoms with Crippen LogP contribution in [0.1, 0.15) is 57.9 Å². The first-order chi connectivity index (χ1) is 12.4. The fourth-order valence-electron chi connectivity index (χ4n) is 5.96. The Bertz CT molecular complexity index is 647. The van der Waals surface area contributed by atoms with Crippen molar-refractivity contribution in [2.75, 3.05) is 0 Å². The van der Waals surface area contributed by atoms with Gasteiger partial charge in [0.2, 0.25) is 0 Å². The summed E-state index contributed by atoms with van der Waals surface area (Å²) in [6.45, 7) is 4.42. The Morgan fingerprint density at radius 1 is 1.04 bits per heavy atom. The predicted octanol–water partition coefficient (Wildman–Crippen LogP) is 3.51. The standard InChI is InChI=1S/C22H30N2O2/c1-15(2)24(14-16-6-4-3-5-7-16)21(26)20(25)23-22-11-17-8-18(12-22)10-19(9-17)13-22/h3-7,15,17-19H,8-14H2,1-2H3,(H,23,25). The van der Waals surface area contributed by atoms with Gasteiger partial charge in [0.15, 0.2) is 0 Å². The summed E-state index contributed by atoms with van der Waals surface area (Å²) in [6.07, 6.45) is 7.19. The monoisotopic (exact) mass is 354 g/mol. The fourth-order valence-corrected chi connectivity index (χ4v) is 5.96. The Morgan fingerprint density at radius 3 is 2.08 bits per heavy atom. The van der Waals surface area contributed by atoms with E-state index in [2.05, 4.69) is 5.32 Å². The van der Waals surface area contributed by atoms with Gasteiger partial charge in [0, 0.05) is 18.1 Å². The van der Waals surface area contributed by atoms with E-state index in [0.29, 0.717) is 6.54 Å². The van der Waals surface area contributed by atoms with Crippen LogP contribution in [0.25, 0.3) is 0 Å². The van der Waals surface area contributed by atoms with Crippen LogP contribution in [0.4, 0.5) is 0 Å². The first-order valence-corrected chi connectivity index (χ1v) is 10.1. The molecule has 1 aromatic carbocycles. The second-order valence-electron chi connectivity index (χ2n) is 9.16. The minimum Gasteiger partial charge on any atom is -0.342 e. The normalized spacial score (nSPS) is 31.9. The Balaban J connectivity index is 1.45. The SMILES string of the molecule is CC(C)N(Cc1ccccc1)C(=O)C(=O)NC12CC3CC(CC(C3)C1)C2. The molecule has 4 saturated carbocycles.